The van der Waals surface area contributed by atoms with Crippen LogP contribution < -0.4 is 5.32 Å². The summed E-state index contributed by atoms with van der Waals surface area (Å²) >= 11 is 0. The van der Waals surface area contributed by atoms with Gasteiger partial charge in [-0.15, -0.1) is 0 Å². The molecule has 0 aliphatic heterocycles. The molecule has 1 aromatic carbocycles. The Kier molecular flexibility index (Phi) is 7.25. The minimum Gasteiger partial charge on any atom is -0.281 e. The SMILES string of the molecule is CCS(=O)(=O)C(c1ccccc1)C1(C#N)C=CC(CC#CNC(=O)c2ccncc2)=CC1. The number of nitrogens with zero attached hydrogens (tertiary/aromatic N) is 2. The molecule has 1 aliphatic carbocycles. The number of carbonyl (C=O) groups excluding carboxylic acids is 1. The van der Waals surface area contributed by atoms with E-state index < -0.39 is 20.5 Å². The van der Waals surface area contributed by atoms with E-state index in [0.717, 1.165) is 5.57 Å². The second-order valence-corrected chi connectivity index (χ2v) is 9.75. The first-order valence-corrected chi connectivity index (χ1v) is 11.9. The van der Waals surface area contributed by atoms with Crippen LogP contribution in [0.3, 0.4) is 0 Å². The molecule has 0 saturated carbocycles. The fourth-order valence-corrected chi connectivity index (χ4v) is 5.37. The first-order valence-electron chi connectivity index (χ1n) is 10.2. The van der Waals surface area contributed by atoms with E-state index >= 15 is 0 Å². The molecule has 1 N–H and O–H groups in total. The molecule has 0 bridgehead atoms. The zero-order valence-corrected chi connectivity index (χ0v) is 18.5. The number of aromatic nitrogens is 1. The lowest BCUT2D eigenvalue weighted by Gasteiger charge is -2.33. The van der Waals surface area contributed by atoms with E-state index in [1.807, 2.05) is 12.1 Å². The van der Waals surface area contributed by atoms with E-state index in [1.54, 1.807) is 55.5 Å². The molecular weight excluding hydrogens is 422 g/mol. The summed E-state index contributed by atoms with van der Waals surface area (Å²) in [5.74, 6) is 2.52. The van der Waals surface area contributed by atoms with Crippen molar-refractivity contribution in [2.24, 2.45) is 5.41 Å². The van der Waals surface area contributed by atoms with Crippen LogP contribution in [0.1, 0.15) is 40.9 Å². The molecule has 162 valence electrons. The van der Waals surface area contributed by atoms with Crippen molar-refractivity contribution in [1.29, 1.82) is 5.26 Å². The van der Waals surface area contributed by atoms with Crippen LogP contribution in [0.5, 0.6) is 0 Å². The van der Waals surface area contributed by atoms with Gasteiger partial charge in [0.15, 0.2) is 9.84 Å². The van der Waals surface area contributed by atoms with E-state index in [1.165, 1.54) is 12.4 Å². The topological polar surface area (TPSA) is 99.9 Å². The number of allylic oxidation sites excluding steroid dienone is 4. The lowest BCUT2D eigenvalue weighted by molar-refractivity contribution is 0.0973. The first kappa shape index (κ1) is 23.0. The largest absolute Gasteiger partial charge is 0.281 e. The van der Waals surface area contributed by atoms with Gasteiger partial charge in [0.25, 0.3) is 5.91 Å². The standard InChI is InChI=1S/C25H23N3O3S/c1-2-32(30,31)23(21-8-4-3-5-9-21)25(19-26)14-10-20(11-15-25)7-6-16-28-24(29)22-12-17-27-18-13-22/h3-5,8-14,17-18,23H,2,7,15H2,1H3,(H,28,29). The number of nitrogens with one attached hydrogen (secondary N) is 1. The summed E-state index contributed by atoms with van der Waals surface area (Å²) < 4.78 is 25.9. The number of sulfone groups is 1. The Hall–Kier alpha value is -3.68. The summed E-state index contributed by atoms with van der Waals surface area (Å²) in [6, 6.07) is 17.0. The number of amides is 1. The maximum atomic E-state index is 13.0. The van der Waals surface area contributed by atoms with Crippen LogP contribution in [-0.2, 0) is 9.84 Å². The van der Waals surface area contributed by atoms with Crippen LogP contribution in [0.2, 0.25) is 0 Å². The number of pyridine rings is 1. The van der Waals surface area contributed by atoms with Crippen LogP contribution >= 0.6 is 0 Å². The molecular formula is C25H23N3O3S. The first-order chi connectivity index (χ1) is 15.4. The monoisotopic (exact) mass is 445 g/mol. The Balaban J connectivity index is 1.74. The van der Waals surface area contributed by atoms with Gasteiger partial charge in [-0.3, -0.25) is 15.1 Å². The molecule has 2 aromatic rings. The fourth-order valence-electron chi connectivity index (χ4n) is 3.60. The number of rotatable bonds is 6. The molecule has 0 spiro atoms. The summed E-state index contributed by atoms with van der Waals surface area (Å²) in [6.45, 7) is 1.60. The molecule has 2 unspecified atom stereocenters. The van der Waals surface area contributed by atoms with Gasteiger partial charge in [-0.2, -0.15) is 5.26 Å². The molecule has 0 saturated heterocycles. The second kappa shape index (κ2) is 10.1. The molecule has 7 heteroatoms. The third-order valence-corrected chi connectivity index (χ3v) is 7.55. The molecule has 0 radical (unpaired) electrons. The van der Waals surface area contributed by atoms with Gasteiger partial charge in [-0.1, -0.05) is 61.4 Å². The number of carbonyl (C=O) groups is 1. The lowest BCUT2D eigenvalue weighted by Crippen LogP contribution is -2.33. The van der Waals surface area contributed by atoms with E-state index in [4.69, 9.17) is 0 Å². The maximum absolute atomic E-state index is 13.0. The average molecular weight is 446 g/mol. The van der Waals surface area contributed by atoms with Crippen molar-refractivity contribution in [3.8, 4) is 18.0 Å². The van der Waals surface area contributed by atoms with Gasteiger partial charge in [0.2, 0.25) is 0 Å². The van der Waals surface area contributed by atoms with Crippen molar-refractivity contribution in [2.45, 2.75) is 25.0 Å². The van der Waals surface area contributed by atoms with Crippen LogP contribution in [0.4, 0.5) is 0 Å². The highest BCUT2D eigenvalue weighted by Gasteiger charge is 2.45. The quantitative estimate of drug-likeness (QED) is 0.539. The number of hydrogen-bond acceptors (Lipinski definition) is 5. The average Bonchev–Trinajstić information content (AvgIpc) is 2.84. The van der Waals surface area contributed by atoms with Crippen molar-refractivity contribution in [3.05, 3.63) is 89.8 Å². The summed E-state index contributed by atoms with van der Waals surface area (Å²) in [7, 11) is -3.54. The zero-order chi connectivity index (χ0) is 23.0. The summed E-state index contributed by atoms with van der Waals surface area (Å²) in [5.41, 5.74) is 0.745. The third kappa shape index (κ3) is 5.14. The lowest BCUT2D eigenvalue weighted by atomic mass is 9.76. The zero-order valence-electron chi connectivity index (χ0n) is 17.7. The minimum absolute atomic E-state index is 0.0525. The highest BCUT2D eigenvalue weighted by Crippen LogP contribution is 2.46. The molecule has 32 heavy (non-hydrogen) atoms. The highest BCUT2D eigenvalue weighted by atomic mass is 32.2. The van der Waals surface area contributed by atoms with E-state index in [2.05, 4.69) is 28.3 Å². The van der Waals surface area contributed by atoms with Crippen molar-refractivity contribution in [3.63, 3.8) is 0 Å². The van der Waals surface area contributed by atoms with Gasteiger partial charge in [-0.05, 0) is 29.7 Å². The fraction of sp³-hybridized carbons (Fsp3) is 0.240. The van der Waals surface area contributed by atoms with E-state index in [9.17, 15) is 18.5 Å². The normalized spacial score (nSPS) is 18.4. The van der Waals surface area contributed by atoms with Gasteiger partial charge in [0.05, 0.1) is 11.5 Å². The summed E-state index contributed by atoms with van der Waals surface area (Å²) in [4.78, 5) is 15.9. The summed E-state index contributed by atoms with van der Waals surface area (Å²) in [5, 5.41) is 11.6. The second-order valence-electron chi connectivity index (χ2n) is 7.38. The van der Waals surface area contributed by atoms with E-state index in [0.29, 0.717) is 17.5 Å². The Morgan fingerprint density at radius 3 is 2.53 bits per heavy atom. The molecule has 3 rings (SSSR count). The van der Waals surface area contributed by atoms with Gasteiger partial charge < -0.3 is 0 Å². The minimum atomic E-state index is -3.54. The number of hydrogen-bond donors (Lipinski definition) is 1. The van der Waals surface area contributed by atoms with Crippen LogP contribution in [-0.4, -0.2) is 25.1 Å². The smallest absolute Gasteiger partial charge is 0.262 e. The number of nitriles is 1. The Labute approximate surface area is 188 Å². The van der Waals surface area contributed by atoms with E-state index in [-0.39, 0.29) is 18.1 Å². The third-order valence-electron chi connectivity index (χ3n) is 5.34. The van der Waals surface area contributed by atoms with Crippen molar-refractivity contribution in [1.82, 2.24) is 10.3 Å². The predicted octanol–water partition coefficient (Wildman–Crippen LogP) is 3.73. The van der Waals surface area contributed by atoms with Gasteiger partial charge in [0.1, 0.15) is 5.25 Å². The molecule has 2 atom stereocenters. The number of benzene rings is 1. The van der Waals surface area contributed by atoms with Gasteiger partial charge in [0, 0.05) is 36.2 Å². The van der Waals surface area contributed by atoms with Crippen molar-refractivity contribution < 1.29 is 13.2 Å². The maximum Gasteiger partial charge on any atom is 0.262 e. The molecule has 1 amide bonds. The van der Waals surface area contributed by atoms with Crippen LogP contribution in [0, 0.1) is 28.7 Å². The van der Waals surface area contributed by atoms with Crippen molar-refractivity contribution in [2.75, 3.05) is 5.75 Å². The summed E-state index contributed by atoms with van der Waals surface area (Å²) in [6.07, 6.45) is 8.98. The molecule has 6 nitrogen and oxygen atoms in total. The van der Waals surface area contributed by atoms with Crippen LogP contribution in [0.15, 0.2) is 78.7 Å². The van der Waals surface area contributed by atoms with Crippen LogP contribution in [0.25, 0.3) is 0 Å². The molecule has 0 fully saturated rings. The van der Waals surface area contributed by atoms with Gasteiger partial charge >= 0.3 is 0 Å². The molecule has 1 aliphatic rings. The van der Waals surface area contributed by atoms with Crippen molar-refractivity contribution >= 4 is 15.7 Å². The molecule has 1 heterocycles. The Morgan fingerprint density at radius 2 is 1.94 bits per heavy atom. The Bertz CT molecular complexity index is 1230. The van der Waals surface area contributed by atoms with Gasteiger partial charge in [-0.25, -0.2) is 8.42 Å². The molecule has 1 aromatic heterocycles. The highest BCUT2D eigenvalue weighted by molar-refractivity contribution is 7.91. The predicted molar refractivity (Wildman–Crippen MR) is 123 cm³/mol. The Morgan fingerprint density at radius 1 is 1.22 bits per heavy atom.